The van der Waals surface area contributed by atoms with Crippen LogP contribution in [0.1, 0.15) is 52.4 Å². The van der Waals surface area contributed by atoms with Crippen molar-refractivity contribution in [2.24, 2.45) is 11.8 Å². The van der Waals surface area contributed by atoms with Crippen LogP contribution in [0.15, 0.2) is 29.2 Å². The van der Waals surface area contributed by atoms with Crippen molar-refractivity contribution in [2.75, 3.05) is 26.7 Å². The zero-order valence-corrected chi connectivity index (χ0v) is 18.1. The molecule has 0 saturated carbocycles. The highest BCUT2D eigenvalue weighted by Gasteiger charge is 2.32. The Balaban J connectivity index is 1.86. The largest absolute Gasteiger partial charge is 0.497 e. The van der Waals surface area contributed by atoms with E-state index in [0.717, 1.165) is 19.4 Å². The van der Waals surface area contributed by atoms with E-state index in [1.54, 1.807) is 31.4 Å². The van der Waals surface area contributed by atoms with Crippen LogP contribution >= 0.6 is 0 Å². The van der Waals surface area contributed by atoms with E-state index in [-0.39, 0.29) is 16.7 Å². The first-order valence-corrected chi connectivity index (χ1v) is 11.8. The number of benzene rings is 1. The molecule has 2 rings (SSSR count). The van der Waals surface area contributed by atoms with Crippen molar-refractivity contribution in [1.82, 2.24) is 9.62 Å². The van der Waals surface area contributed by atoms with Gasteiger partial charge in [-0.1, -0.05) is 33.1 Å². The van der Waals surface area contributed by atoms with E-state index in [1.165, 1.54) is 17.1 Å². The van der Waals surface area contributed by atoms with E-state index in [1.807, 2.05) is 0 Å². The zero-order valence-electron chi connectivity index (χ0n) is 17.3. The fraction of sp³-hybridized carbons (Fsp3) is 0.667. The second-order valence-corrected chi connectivity index (χ2v) is 9.45. The second kappa shape index (κ2) is 10.8. The fourth-order valence-electron chi connectivity index (χ4n) is 3.59. The summed E-state index contributed by atoms with van der Waals surface area (Å²) in [5.41, 5.74) is 0. The Morgan fingerprint density at radius 3 is 2.39 bits per heavy atom. The van der Waals surface area contributed by atoms with Gasteiger partial charge in [-0.15, -0.1) is 0 Å². The van der Waals surface area contributed by atoms with Crippen LogP contribution < -0.4 is 10.1 Å². The van der Waals surface area contributed by atoms with Gasteiger partial charge in [-0.3, -0.25) is 4.79 Å². The molecule has 0 radical (unpaired) electrons. The number of nitrogens with one attached hydrogen (secondary N) is 1. The fourth-order valence-corrected chi connectivity index (χ4v) is 5.06. The molecule has 0 aromatic heterocycles. The highest BCUT2D eigenvalue weighted by molar-refractivity contribution is 7.89. The van der Waals surface area contributed by atoms with Gasteiger partial charge in [-0.2, -0.15) is 4.31 Å². The molecule has 1 aromatic rings. The van der Waals surface area contributed by atoms with Crippen molar-refractivity contribution in [3.63, 3.8) is 0 Å². The van der Waals surface area contributed by atoms with E-state index in [4.69, 9.17) is 4.74 Å². The van der Waals surface area contributed by atoms with Gasteiger partial charge in [0.1, 0.15) is 5.75 Å². The van der Waals surface area contributed by atoms with Gasteiger partial charge in [-0.05, 0) is 49.4 Å². The van der Waals surface area contributed by atoms with Crippen LogP contribution in [-0.2, 0) is 14.8 Å². The molecule has 1 unspecified atom stereocenters. The Bertz CT molecular complexity index is 710. The predicted molar refractivity (Wildman–Crippen MR) is 111 cm³/mol. The van der Waals surface area contributed by atoms with Gasteiger partial charge in [0.25, 0.3) is 0 Å². The number of methoxy groups -OCH3 is 1. The zero-order chi connectivity index (χ0) is 20.6. The molecular weight excluding hydrogens is 376 g/mol. The van der Waals surface area contributed by atoms with E-state index >= 15 is 0 Å². The molecule has 6 nitrogen and oxygen atoms in total. The molecule has 0 aliphatic carbocycles. The summed E-state index contributed by atoms with van der Waals surface area (Å²) in [6, 6.07) is 6.42. The maximum Gasteiger partial charge on any atom is 0.243 e. The van der Waals surface area contributed by atoms with Crippen molar-refractivity contribution < 1.29 is 17.9 Å². The summed E-state index contributed by atoms with van der Waals surface area (Å²) in [5.74, 6) is 1.11. The molecule has 158 valence electrons. The van der Waals surface area contributed by atoms with Crippen LogP contribution in [0.2, 0.25) is 0 Å². The first kappa shape index (κ1) is 22.7. The maximum absolute atomic E-state index is 12.8. The Hall–Kier alpha value is -1.60. The average Bonchev–Trinajstić information content (AvgIpc) is 2.73. The Labute approximate surface area is 169 Å². The Morgan fingerprint density at radius 1 is 1.21 bits per heavy atom. The maximum atomic E-state index is 12.8. The topological polar surface area (TPSA) is 75.7 Å². The number of hydrogen-bond donors (Lipinski definition) is 1. The molecule has 1 N–H and O–H groups in total. The minimum atomic E-state index is -3.53. The lowest BCUT2D eigenvalue weighted by atomic mass is 9.95. The molecule has 1 amide bonds. The van der Waals surface area contributed by atoms with Crippen molar-refractivity contribution in [1.29, 1.82) is 0 Å². The standard InChI is InChI=1S/C21H34N2O4S/c1-4-6-7-17(5-2)16-22-21(24)18-12-14-23(15-13-18)28(25,26)20-10-8-19(27-3)9-11-20/h8-11,17-18H,4-7,12-16H2,1-3H3,(H,22,24). The molecule has 28 heavy (non-hydrogen) atoms. The van der Waals surface area contributed by atoms with Crippen molar-refractivity contribution in [3.8, 4) is 5.75 Å². The van der Waals surface area contributed by atoms with Crippen LogP contribution in [0.25, 0.3) is 0 Å². The first-order valence-electron chi connectivity index (χ1n) is 10.3. The van der Waals surface area contributed by atoms with E-state index in [0.29, 0.717) is 37.6 Å². The molecule has 0 spiro atoms. The van der Waals surface area contributed by atoms with Gasteiger partial charge in [0, 0.05) is 25.6 Å². The minimum absolute atomic E-state index is 0.0662. The second-order valence-electron chi connectivity index (χ2n) is 7.52. The van der Waals surface area contributed by atoms with Crippen LogP contribution in [-0.4, -0.2) is 45.4 Å². The number of piperidine rings is 1. The summed E-state index contributed by atoms with van der Waals surface area (Å²) in [4.78, 5) is 12.8. The number of sulfonamides is 1. The summed E-state index contributed by atoms with van der Waals surface area (Å²) < 4.78 is 32.2. The molecule has 7 heteroatoms. The number of unbranched alkanes of at least 4 members (excludes halogenated alkanes) is 1. The number of ether oxygens (including phenoxy) is 1. The van der Waals surface area contributed by atoms with E-state index in [9.17, 15) is 13.2 Å². The lowest BCUT2D eigenvalue weighted by Gasteiger charge is -2.31. The van der Waals surface area contributed by atoms with Crippen LogP contribution in [0.3, 0.4) is 0 Å². The lowest BCUT2D eigenvalue weighted by molar-refractivity contribution is -0.126. The SMILES string of the molecule is CCCCC(CC)CNC(=O)C1CCN(S(=O)(=O)c2ccc(OC)cc2)CC1. The van der Waals surface area contributed by atoms with Gasteiger partial charge < -0.3 is 10.1 Å². The third-order valence-electron chi connectivity index (χ3n) is 5.63. The molecule has 1 aromatic carbocycles. The van der Waals surface area contributed by atoms with Crippen LogP contribution in [0.5, 0.6) is 5.75 Å². The van der Waals surface area contributed by atoms with Gasteiger partial charge in [-0.25, -0.2) is 8.42 Å². The summed E-state index contributed by atoms with van der Waals surface area (Å²) in [6.45, 7) is 5.81. The molecule has 0 bridgehead atoms. The van der Waals surface area contributed by atoms with Gasteiger partial charge in [0.2, 0.25) is 15.9 Å². The van der Waals surface area contributed by atoms with Crippen LogP contribution in [0.4, 0.5) is 0 Å². The quantitative estimate of drug-likeness (QED) is 0.641. The normalized spacial score (nSPS) is 17.2. The number of nitrogens with zero attached hydrogens (tertiary/aromatic N) is 1. The highest BCUT2D eigenvalue weighted by atomic mass is 32.2. The van der Waals surface area contributed by atoms with E-state index < -0.39 is 10.0 Å². The Morgan fingerprint density at radius 2 is 1.86 bits per heavy atom. The van der Waals surface area contributed by atoms with E-state index in [2.05, 4.69) is 19.2 Å². The third kappa shape index (κ3) is 5.95. The van der Waals surface area contributed by atoms with Crippen molar-refractivity contribution >= 4 is 15.9 Å². The minimum Gasteiger partial charge on any atom is -0.497 e. The molecule has 1 aliphatic heterocycles. The van der Waals surface area contributed by atoms with Crippen molar-refractivity contribution in [2.45, 2.75) is 57.3 Å². The third-order valence-corrected chi connectivity index (χ3v) is 7.54. The molecule has 1 saturated heterocycles. The number of carbonyl (C=O) groups is 1. The van der Waals surface area contributed by atoms with Gasteiger partial charge in [0.15, 0.2) is 0 Å². The Kier molecular flexibility index (Phi) is 8.76. The monoisotopic (exact) mass is 410 g/mol. The molecule has 1 aliphatic rings. The van der Waals surface area contributed by atoms with Crippen LogP contribution in [0, 0.1) is 11.8 Å². The first-order chi connectivity index (χ1) is 13.4. The average molecular weight is 411 g/mol. The summed E-state index contributed by atoms with van der Waals surface area (Å²) in [6.07, 6.45) is 5.70. The molecule has 1 heterocycles. The summed E-state index contributed by atoms with van der Waals surface area (Å²) >= 11 is 0. The molecule has 1 atom stereocenters. The van der Waals surface area contributed by atoms with Gasteiger partial charge >= 0.3 is 0 Å². The summed E-state index contributed by atoms with van der Waals surface area (Å²) in [7, 11) is -1.98. The number of amides is 1. The highest BCUT2D eigenvalue weighted by Crippen LogP contribution is 2.25. The van der Waals surface area contributed by atoms with Crippen molar-refractivity contribution in [3.05, 3.63) is 24.3 Å². The number of rotatable bonds is 10. The lowest BCUT2D eigenvalue weighted by Crippen LogP contribution is -2.43. The summed E-state index contributed by atoms with van der Waals surface area (Å²) in [5, 5.41) is 3.09. The van der Waals surface area contributed by atoms with Gasteiger partial charge in [0.05, 0.1) is 12.0 Å². The number of hydrogen-bond acceptors (Lipinski definition) is 4. The molecular formula is C21H34N2O4S. The molecule has 1 fully saturated rings. The number of carbonyl (C=O) groups excluding carboxylic acids is 1. The smallest absolute Gasteiger partial charge is 0.243 e. The predicted octanol–water partition coefficient (Wildman–Crippen LogP) is 3.43.